The van der Waals surface area contributed by atoms with Crippen molar-refractivity contribution in [1.29, 1.82) is 0 Å². The molecule has 4 nitrogen and oxygen atoms in total. The lowest BCUT2D eigenvalue weighted by Crippen LogP contribution is -2.41. The van der Waals surface area contributed by atoms with E-state index in [-0.39, 0.29) is 12.2 Å². The van der Waals surface area contributed by atoms with Crippen molar-refractivity contribution < 1.29 is 27.8 Å². The zero-order chi connectivity index (χ0) is 15.6. The molecule has 114 valence electrons. The van der Waals surface area contributed by atoms with Gasteiger partial charge in [0.05, 0.1) is 12.1 Å². The number of carbonyl (C=O) groups excluding carboxylic acids is 1. The lowest BCUT2D eigenvalue weighted by atomic mass is 10.1. The van der Waals surface area contributed by atoms with E-state index in [1.807, 2.05) is 5.32 Å². The highest BCUT2D eigenvalue weighted by atomic mass is 35.5. The molecule has 2 rings (SSSR count). The van der Waals surface area contributed by atoms with E-state index in [0.29, 0.717) is 16.3 Å². The molecule has 1 unspecified atom stereocenters. The second kappa shape index (κ2) is 5.95. The Kier molecular flexibility index (Phi) is 4.43. The fourth-order valence-electron chi connectivity index (χ4n) is 1.70. The van der Waals surface area contributed by atoms with Gasteiger partial charge in [-0.25, -0.2) is 0 Å². The second-order valence-corrected chi connectivity index (χ2v) is 4.84. The zero-order valence-electron chi connectivity index (χ0n) is 10.6. The molecular formula is C13H11ClF3NO3. The van der Waals surface area contributed by atoms with Crippen molar-refractivity contribution in [2.45, 2.75) is 12.3 Å². The highest BCUT2D eigenvalue weighted by Gasteiger charge is 2.38. The van der Waals surface area contributed by atoms with Crippen LogP contribution in [0.25, 0.3) is 6.08 Å². The molecule has 1 aliphatic rings. The van der Waals surface area contributed by atoms with E-state index >= 15 is 0 Å². The maximum atomic E-state index is 12.1. The first kappa shape index (κ1) is 15.7. The van der Waals surface area contributed by atoms with Crippen LogP contribution in [0.1, 0.15) is 5.56 Å². The molecule has 1 aromatic carbocycles. The Balaban J connectivity index is 2.04. The molecule has 0 saturated carbocycles. The van der Waals surface area contributed by atoms with Gasteiger partial charge in [-0.05, 0) is 24.3 Å². The molecule has 21 heavy (non-hydrogen) atoms. The molecule has 1 aliphatic heterocycles. The Hall–Kier alpha value is -1.73. The third kappa shape index (κ3) is 3.89. The van der Waals surface area contributed by atoms with Gasteiger partial charge in [0.2, 0.25) is 0 Å². The van der Waals surface area contributed by atoms with E-state index in [0.717, 1.165) is 0 Å². The number of hydrogen-bond acceptors (Lipinski definition) is 3. The minimum Gasteiger partial charge on any atom is -0.488 e. The van der Waals surface area contributed by atoms with E-state index in [4.69, 9.17) is 21.4 Å². The zero-order valence-corrected chi connectivity index (χ0v) is 11.3. The first-order valence-corrected chi connectivity index (χ1v) is 6.31. The number of amides is 1. The van der Waals surface area contributed by atoms with Crippen LogP contribution in [0.15, 0.2) is 23.8 Å². The monoisotopic (exact) mass is 321 g/mol. The largest absolute Gasteiger partial charge is 0.488 e. The van der Waals surface area contributed by atoms with E-state index in [9.17, 15) is 18.0 Å². The molecule has 8 heteroatoms. The standard InChI is InChI=1S/C13H11ClF3NO3/c14-9-1-2-10-7(4-9)3-8(6-21-10)12(20)18-5-11(19)13(15,16)17/h1-4,11,19H,5-6H2,(H,18,20). The SMILES string of the molecule is O=C(NCC(O)C(F)(F)F)C1=Cc2cc(Cl)ccc2OC1. The number of nitrogens with one attached hydrogen (secondary N) is 1. The minimum atomic E-state index is -4.77. The molecule has 0 fully saturated rings. The first-order chi connectivity index (χ1) is 9.77. The highest BCUT2D eigenvalue weighted by Crippen LogP contribution is 2.29. The molecule has 0 aromatic heterocycles. The number of aliphatic hydroxyl groups is 1. The van der Waals surface area contributed by atoms with Crippen molar-refractivity contribution >= 4 is 23.6 Å². The van der Waals surface area contributed by atoms with Crippen LogP contribution >= 0.6 is 11.6 Å². The molecule has 0 aliphatic carbocycles. The van der Waals surface area contributed by atoms with Crippen LogP contribution in [-0.4, -0.2) is 36.4 Å². The summed E-state index contributed by atoms with van der Waals surface area (Å²) in [6.45, 7) is -0.981. The number of alkyl halides is 3. The third-order valence-electron chi connectivity index (χ3n) is 2.81. The van der Waals surface area contributed by atoms with Crippen LogP contribution in [0.5, 0.6) is 5.75 Å². The predicted octanol–water partition coefficient (Wildman–Crippen LogP) is 2.16. The van der Waals surface area contributed by atoms with Crippen LogP contribution in [-0.2, 0) is 4.79 Å². The molecular weight excluding hydrogens is 311 g/mol. The number of benzene rings is 1. The molecule has 1 aromatic rings. The van der Waals surface area contributed by atoms with Gasteiger partial charge in [-0.1, -0.05) is 11.6 Å². The van der Waals surface area contributed by atoms with E-state index in [2.05, 4.69) is 0 Å². The lowest BCUT2D eigenvalue weighted by molar-refractivity contribution is -0.201. The summed E-state index contributed by atoms with van der Waals surface area (Å²) >= 11 is 5.81. The van der Waals surface area contributed by atoms with Gasteiger partial charge >= 0.3 is 6.18 Å². The Morgan fingerprint density at radius 1 is 1.48 bits per heavy atom. The molecule has 0 bridgehead atoms. The summed E-state index contributed by atoms with van der Waals surface area (Å²) in [7, 11) is 0. The quantitative estimate of drug-likeness (QED) is 0.897. The smallest absolute Gasteiger partial charge is 0.416 e. The number of aliphatic hydroxyl groups excluding tert-OH is 1. The average molecular weight is 322 g/mol. The molecule has 1 amide bonds. The number of halogens is 4. The van der Waals surface area contributed by atoms with Gasteiger partial charge < -0.3 is 15.2 Å². The first-order valence-electron chi connectivity index (χ1n) is 5.93. The van der Waals surface area contributed by atoms with Gasteiger partial charge in [0.15, 0.2) is 6.10 Å². The Bertz CT molecular complexity index is 587. The topological polar surface area (TPSA) is 58.6 Å². The molecule has 2 N–H and O–H groups in total. The van der Waals surface area contributed by atoms with Gasteiger partial charge in [0, 0.05) is 10.6 Å². The second-order valence-electron chi connectivity index (χ2n) is 4.41. The maximum Gasteiger partial charge on any atom is 0.416 e. The normalized spacial score (nSPS) is 15.6. The maximum absolute atomic E-state index is 12.1. The molecule has 1 atom stereocenters. The number of ether oxygens (including phenoxy) is 1. The highest BCUT2D eigenvalue weighted by molar-refractivity contribution is 6.30. The summed E-state index contributed by atoms with van der Waals surface area (Å²) in [4.78, 5) is 11.8. The molecule has 0 saturated heterocycles. The summed E-state index contributed by atoms with van der Waals surface area (Å²) < 4.78 is 41.7. The summed E-state index contributed by atoms with van der Waals surface area (Å²) in [6.07, 6.45) is -5.89. The average Bonchev–Trinajstić information content (AvgIpc) is 2.42. The summed E-state index contributed by atoms with van der Waals surface area (Å²) in [5.74, 6) is -0.199. The van der Waals surface area contributed by atoms with Crippen LogP contribution in [0.3, 0.4) is 0 Å². The van der Waals surface area contributed by atoms with Gasteiger partial charge in [-0.15, -0.1) is 0 Å². The van der Waals surface area contributed by atoms with Crippen molar-refractivity contribution in [1.82, 2.24) is 5.32 Å². The van der Waals surface area contributed by atoms with Crippen molar-refractivity contribution in [3.05, 3.63) is 34.4 Å². The van der Waals surface area contributed by atoms with Gasteiger partial charge in [-0.2, -0.15) is 13.2 Å². The van der Waals surface area contributed by atoms with Crippen molar-refractivity contribution in [2.24, 2.45) is 0 Å². The van der Waals surface area contributed by atoms with Crippen molar-refractivity contribution in [2.75, 3.05) is 13.2 Å². The van der Waals surface area contributed by atoms with E-state index in [1.165, 1.54) is 6.08 Å². The van der Waals surface area contributed by atoms with E-state index in [1.54, 1.807) is 18.2 Å². The fraction of sp³-hybridized carbons (Fsp3) is 0.308. The van der Waals surface area contributed by atoms with Crippen molar-refractivity contribution in [3.8, 4) is 5.75 Å². The number of carbonyl (C=O) groups is 1. The van der Waals surface area contributed by atoms with Crippen molar-refractivity contribution in [3.63, 3.8) is 0 Å². The Morgan fingerprint density at radius 2 is 2.19 bits per heavy atom. The minimum absolute atomic E-state index is 0.0669. The van der Waals surface area contributed by atoms with Crippen LogP contribution < -0.4 is 10.1 Å². The van der Waals surface area contributed by atoms with Crippen LogP contribution in [0.4, 0.5) is 13.2 Å². The van der Waals surface area contributed by atoms with Gasteiger partial charge in [0.1, 0.15) is 12.4 Å². The third-order valence-corrected chi connectivity index (χ3v) is 3.05. The lowest BCUT2D eigenvalue weighted by Gasteiger charge is -2.19. The fourth-order valence-corrected chi connectivity index (χ4v) is 1.88. The Labute approximate surface area is 123 Å². The Morgan fingerprint density at radius 3 is 2.86 bits per heavy atom. The summed E-state index contributed by atoms with van der Waals surface area (Å²) in [5.41, 5.74) is 0.717. The van der Waals surface area contributed by atoms with Gasteiger partial charge in [0.25, 0.3) is 5.91 Å². The summed E-state index contributed by atoms with van der Waals surface area (Å²) in [6, 6.07) is 4.84. The van der Waals surface area contributed by atoms with Gasteiger partial charge in [-0.3, -0.25) is 4.79 Å². The molecule has 1 heterocycles. The number of hydrogen-bond donors (Lipinski definition) is 2. The molecule has 0 spiro atoms. The number of rotatable bonds is 3. The number of fused-ring (bicyclic) bond motifs is 1. The predicted molar refractivity (Wildman–Crippen MR) is 70.0 cm³/mol. The van der Waals surface area contributed by atoms with E-state index < -0.39 is 24.7 Å². The molecule has 0 radical (unpaired) electrons. The van der Waals surface area contributed by atoms with Crippen LogP contribution in [0.2, 0.25) is 5.02 Å². The van der Waals surface area contributed by atoms with Crippen LogP contribution in [0, 0.1) is 0 Å². The summed E-state index contributed by atoms with van der Waals surface area (Å²) in [5, 5.41) is 11.3.